The first-order valence-corrected chi connectivity index (χ1v) is 7.46. The normalized spacial score (nSPS) is 13.5. The summed E-state index contributed by atoms with van der Waals surface area (Å²) < 4.78 is 14.0. The summed E-state index contributed by atoms with van der Waals surface area (Å²) in [6.45, 7) is 3.02. The van der Waals surface area contributed by atoms with Crippen molar-refractivity contribution >= 4 is 5.91 Å². The van der Waals surface area contributed by atoms with Gasteiger partial charge in [-0.2, -0.15) is 0 Å². The number of nitrogens with two attached hydrogens (primary N) is 1. The van der Waals surface area contributed by atoms with Crippen LogP contribution in [0.5, 0.6) is 0 Å². The van der Waals surface area contributed by atoms with Crippen molar-refractivity contribution in [3.8, 4) is 11.8 Å². The Balaban J connectivity index is 2.23. The van der Waals surface area contributed by atoms with E-state index in [0.29, 0.717) is 12.1 Å². The number of carbonyl (C=O) groups excluding carboxylic acids is 1. The van der Waals surface area contributed by atoms with Gasteiger partial charge < -0.3 is 10.6 Å². The van der Waals surface area contributed by atoms with Crippen LogP contribution in [0.25, 0.3) is 0 Å². The SMILES string of the molecule is CCCCN(C(=O)c1cc(C#CCN)ccc1F)C1CC1. The maximum atomic E-state index is 14.0. The van der Waals surface area contributed by atoms with Gasteiger partial charge in [0, 0.05) is 18.2 Å². The first-order valence-electron chi connectivity index (χ1n) is 7.46. The summed E-state index contributed by atoms with van der Waals surface area (Å²) in [7, 11) is 0. The van der Waals surface area contributed by atoms with Crippen LogP contribution in [0.15, 0.2) is 18.2 Å². The molecule has 0 unspecified atom stereocenters. The molecule has 0 saturated heterocycles. The Labute approximate surface area is 125 Å². The zero-order valence-corrected chi connectivity index (χ0v) is 12.4. The van der Waals surface area contributed by atoms with Crippen LogP contribution in [-0.2, 0) is 0 Å². The Morgan fingerprint density at radius 3 is 2.86 bits per heavy atom. The topological polar surface area (TPSA) is 46.3 Å². The van der Waals surface area contributed by atoms with Crippen molar-refractivity contribution in [2.45, 2.75) is 38.6 Å². The molecule has 21 heavy (non-hydrogen) atoms. The van der Waals surface area contributed by atoms with E-state index in [-0.39, 0.29) is 24.1 Å². The van der Waals surface area contributed by atoms with E-state index >= 15 is 0 Å². The number of unbranched alkanes of at least 4 members (excludes halogenated alkanes) is 1. The monoisotopic (exact) mass is 288 g/mol. The minimum absolute atomic E-state index is 0.113. The highest BCUT2D eigenvalue weighted by molar-refractivity contribution is 5.95. The standard InChI is InChI=1S/C17H21FN2O/c1-2-3-11-20(14-7-8-14)17(21)15-12-13(5-4-10-19)6-9-16(15)18/h6,9,12,14H,2-3,7-8,10-11,19H2,1H3. The number of hydrogen-bond acceptors (Lipinski definition) is 2. The van der Waals surface area contributed by atoms with Crippen LogP contribution < -0.4 is 5.73 Å². The Bertz CT molecular complexity index is 570. The number of amides is 1. The van der Waals surface area contributed by atoms with Gasteiger partial charge in [-0.05, 0) is 37.5 Å². The number of halogens is 1. The van der Waals surface area contributed by atoms with Crippen molar-refractivity contribution in [2.75, 3.05) is 13.1 Å². The Morgan fingerprint density at radius 2 is 2.24 bits per heavy atom. The van der Waals surface area contributed by atoms with Crippen molar-refractivity contribution in [3.05, 3.63) is 35.1 Å². The summed E-state index contributed by atoms with van der Waals surface area (Å²) in [5.41, 5.74) is 6.07. The van der Waals surface area contributed by atoms with E-state index in [0.717, 1.165) is 25.7 Å². The van der Waals surface area contributed by atoms with Crippen molar-refractivity contribution in [2.24, 2.45) is 5.73 Å². The van der Waals surface area contributed by atoms with Crippen LogP contribution in [0.3, 0.4) is 0 Å². The molecule has 1 saturated carbocycles. The molecular formula is C17H21FN2O. The smallest absolute Gasteiger partial charge is 0.257 e. The van der Waals surface area contributed by atoms with Crippen molar-refractivity contribution in [1.29, 1.82) is 0 Å². The van der Waals surface area contributed by atoms with Crippen LogP contribution >= 0.6 is 0 Å². The molecular weight excluding hydrogens is 267 g/mol. The summed E-state index contributed by atoms with van der Waals surface area (Å²) in [5, 5.41) is 0. The lowest BCUT2D eigenvalue weighted by Crippen LogP contribution is -2.34. The molecule has 1 fully saturated rings. The molecule has 1 aliphatic carbocycles. The quantitative estimate of drug-likeness (QED) is 0.846. The fourth-order valence-corrected chi connectivity index (χ4v) is 2.24. The molecule has 1 aliphatic rings. The summed E-state index contributed by atoms with van der Waals surface area (Å²) in [5.74, 6) is 4.85. The van der Waals surface area contributed by atoms with Gasteiger partial charge in [0.1, 0.15) is 5.82 Å². The highest BCUT2D eigenvalue weighted by atomic mass is 19.1. The van der Waals surface area contributed by atoms with Crippen LogP contribution in [0.1, 0.15) is 48.5 Å². The third-order valence-corrected chi connectivity index (χ3v) is 3.53. The number of carbonyl (C=O) groups is 1. The van der Waals surface area contributed by atoms with E-state index in [1.54, 1.807) is 6.07 Å². The van der Waals surface area contributed by atoms with E-state index in [1.807, 2.05) is 4.90 Å². The molecule has 1 aromatic rings. The number of rotatable bonds is 5. The predicted octanol–water partition coefficient (Wildman–Crippen LogP) is 2.54. The van der Waals surface area contributed by atoms with Gasteiger partial charge in [-0.25, -0.2) is 4.39 Å². The van der Waals surface area contributed by atoms with Gasteiger partial charge in [0.05, 0.1) is 12.1 Å². The molecule has 3 nitrogen and oxygen atoms in total. The molecule has 0 spiro atoms. The molecule has 112 valence electrons. The van der Waals surface area contributed by atoms with Crippen LogP contribution in [0.4, 0.5) is 4.39 Å². The maximum absolute atomic E-state index is 14.0. The van der Waals surface area contributed by atoms with E-state index in [1.165, 1.54) is 12.1 Å². The molecule has 0 heterocycles. The van der Waals surface area contributed by atoms with Gasteiger partial charge >= 0.3 is 0 Å². The number of nitrogens with zero attached hydrogens (tertiary/aromatic N) is 1. The third-order valence-electron chi connectivity index (χ3n) is 3.53. The van der Waals surface area contributed by atoms with Gasteiger partial charge in [-0.1, -0.05) is 25.2 Å². The summed E-state index contributed by atoms with van der Waals surface area (Å²) in [4.78, 5) is 14.4. The Hall–Kier alpha value is -1.86. The third kappa shape index (κ3) is 4.05. The van der Waals surface area contributed by atoms with Crippen molar-refractivity contribution in [1.82, 2.24) is 4.90 Å². The zero-order chi connectivity index (χ0) is 15.2. The van der Waals surface area contributed by atoms with E-state index in [9.17, 15) is 9.18 Å². The van der Waals surface area contributed by atoms with E-state index in [2.05, 4.69) is 18.8 Å². The lowest BCUT2D eigenvalue weighted by atomic mass is 10.1. The summed E-state index contributed by atoms with van der Waals surface area (Å²) in [6.07, 6.45) is 3.99. The van der Waals surface area contributed by atoms with Crippen LogP contribution in [0, 0.1) is 17.7 Å². The van der Waals surface area contributed by atoms with Crippen molar-refractivity contribution < 1.29 is 9.18 Å². The highest BCUT2D eigenvalue weighted by Gasteiger charge is 2.33. The molecule has 2 rings (SSSR count). The maximum Gasteiger partial charge on any atom is 0.257 e. The fourth-order valence-electron chi connectivity index (χ4n) is 2.24. The van der Waals surface area contributed by atoms with Gasteiger partial charge in [-0.3, -0.25) is 4.79 Å². The molecule has 0 aliphatic heterocycles. The van der Waals surface area contributed by atoms with Crippen molar-refractivity contribution in [3.63, 3.8) is 0 Å². The molecule has 0 radical (unpaired) electrons. The minimum Gasteiger partial charge on any atom is -0.336 e. The van der Waals surface area contributed by atoms with E-state index < -0.39 is 5.82 Å². The van der Waals surface area contributed by atoms with Gasteiger partial charge in [0.25, 0.3) is 5.91 Å². The molecule has 0 atom stereocenters. The molecule has 1 amide bonds. The second kappa shape index (κ2) is 7.24. The molecule has 2 N–H and O–H groups in total. The van der Waals surface area contributed by atoms with Gasteiger partial charge in [0.15, 0.2) is 0 Å². The second-order valence-corrected chi connectivity index (χ2v) is 5.28. The first kappa shape index (κ1) is 15.5. The van der Waals surface area contributed by atoms with Gasteiger partial charge in [-0.15, -0.1) is 0 Å². The molecule has 0 aromatic heterocycles. The molecule has 4 heteroatoms. The van der Waals surface area contributed by atoms with Gasteiger partial charge in [0.2, 0.25) is 0 Å². The lowest BCUT2D eigenvalue weighted by molar-refractivity contribution is 0.0736. The average molecular weight is 288 g/mol. The van der Waals surface area contributed by atoms with Crippen LogP contribution in [-0.4, -0.2) is 29.9 Å². The second-order valence-electron chi connectivity index (χ2n) is 5.28. The lowest BCUT2D eigenvalue weighted by Gasteiger charge is -2.22. The first-order chi connectivity index (χ1) is 10.2. The average Bonchev–Trinajstić information content (AvgIpc) is 3.31. The highest BCUT2D eigenvalue weighted by Crippen LogP contribution is 2.29. The Morgan fingerprint density at radius 1 is 1.48 bits per heavy atom. The van der Waals surface area contributed by atoms with E-state index in [4.69, 9.17) is 5.73 Å². The zero-order valence-electron chi connectivity index (χ0n) is 12.4. The molecule has 1 aromatic carbocycles. The molecule has 0 bridgehead atoms. The fraction of sp³-hybridized carbons (Fsp3) is 0.471. The van der Waals surface area contributed by atoms with Crippen LogP contribution in [0.2, 0.25) is 0 Å². The minimum atomic E-state index is -0.486. The Kier molecular flexibility index (Phi) is 5.35. The largest absolute Gasteiger partial charge is 0.336 e. The summed E-state index contributed by atoms with van der Waals surface area (Å²) >= 11 is 0. The number of hydrogen-bond donors (Lipinski definition) is 1. The summed E-state index contributed by atoms with van der Waals surface area (Å²) in [6, 6.07) is 4.69. The predicted molar refractivity (Wildman–Crippen MR) is 81.3 cm³/mol. The number of benzene rings is 1.